The number of carboxylic acid groups (broad SMARTS) is 1. The topological polar surface area (TPSA) is 69.6 Å². The highest BCUT2D eigenvalue weighted by Gasteiger charge is 2.31. The molecule has 0 aromatic heterocycles. The summed E-state index contributed by atoms with van der Waals surface area (Å²) in [7, 11) is 0. The monoisotopic (exact) mass is 296 g/mol. The van der Waals surface area contributed by atoms with Crippen LogP contribution in [0.15, 0.2) is 18.2 Å². The summed E-state index contributed by atoms with van der Waals surface area (Å²) in [5, 5.41) is 12.4. The van der Waals surface area contributed by atoms with E-state index in [-0.39, 0.29) is 12.5 Å². The van der Waals surface area contributed by atoms with Crippen molar-refractivity contribution in [3.63, 3.8) is 0 Å². The average molecular weight is 297 g/mol. The van der Waals surface area contributed by atoms with Crippen LogP contribution >= 0.6 is 11.6 Å². The van der Waals surface area contributed by atoms with Gasteiger partial charge in [-0.05, 0) is 44.0 Å². The van der Waals surface area contributed by atoms with Crippen molar-refractivity contribution >= 4 is 29.2 Å². The minimum Gasteiger partial charge on any atom is -0.480 e. The number of halogens is 1. The van der Waals surface area contributed by atoms with Gasteiger partial charge in [0, 0.05) is 10.7 Å². The number of carbonyl (C=O) groups excluding carboxylic acids is 1. The van der Waals surface area contributed by atoms with Gasteiger partial charge < -0.3 is 10.4 Å². The predicted molar refractivity (Wildman–Crippen MR) is 77.0 cm³/mol. The van der Waals surface area contributed by atoms with Crippen LogP contribution in [0.1, 0.15) is 18.4 Å². The van der Waals surface area contributed by atoms with E-state index in [0.717, 1.165) is 12.0 Å². The Bertz CT molecular complexity index is 533. The minimum atomic E-state index is -0.866. The number of hydrogen-bond donors (Lipinski definition) is 2. The summed E-state index contributed by atoms with van der Waals surface area (Å²) in [5.74, 6) is -1.09. The van der Waals surface area contributed by atoms with Gasteiger partial charge in [0.2, 0.25) is 5.91 Å². The molecule has 1 saturated heterocycles. The van der Waals surface area contributed by atoms with Gasteiger partial charge >= 0.3 is 5.97 Å². The van der Waals surface area contributed by atoms with E-state index in [1.807, 2.05) is 13.0 Å². The second-order valence-electron chi connectivity index (χ2n) is 4.97. The Morgan fingerprint density at radius 2 is 2.25 bits per heavy atom. The Kier molecular flexibility index (Phi) is 4.62. The smallest absolute Gasteiger partial charge is 0.320 e. The van der Waals surface area contributed by atoms with E-state index >= 15 is 0 Å². The Hall–Kier alpha value is -1.59. The maximum absolute atomic E-state index is 12.0. The van der Waals surface area contributed by atoms with Crippen molar-refractivity contribution in [2.24, 2.45) is 0 Å². The van der Waals surface area contributed by atoms with E-state index in [1.165, 1.54) is 0 Å². The number of likely N-dealkylation sites (tertiary alicyclic amines) is 1. The molecule has 0 spiro atoms. The van der Waals surface area contributed by atoms with Crippen molar-refractivity contribution in [2.75, 3.05) is 18.4 Å². The lowest BCUT2D eigenvalue weighted by Crippen LogP contribution is -2.40. The lowest BCUT2D eigenvalue weighted by molar-refractivity contribution is -0.142. The number of carboxylic acids is 1. The second kappa shape index (κ2) is 6.24. The van der Waals surface area contributed by atoms with Gasteiger partial charge in [0.1, 0.15) is 6.04 Å². The first-order valence-corrected chi connectivity index (χ1v) is 6.88. The van der Waals surface area contributed by atoms with Crippen LogP contribution in [0.25, 0.3) is 0 Å². The second-order valence-corrected chi connectivity index (χ2v) is 5.41. The molecule has 108 valence electrons. The van der Waals surface area contributed by atoms with E-state index in [0.29, 0.717) is 23.7 Å². The molecule has 6 heteroatoms. The molecule has 1 amide bonds. The van der Waals surface area contributed by atoms with Crippen LogP contribution in [0.3, 0.4) is 0 Å². The first-order chi connectivity index (χ1) is 9.47. The van der Waals surface area contributed by atoms with Gasteiger partial charge in [0.25, 0.3) is 0 Å². The first kappa shape index (κ1) is 14.8. The highest BCUT2D eigenvalue weighted by molar-refractivity contribution is 6.31. The van der Waals surface area contributed by atoms with Crippen LogP contribution in [0.4, 0.5) is 5.69 Å². The molecule has 20 heavy (non-hydrogen) atoms. The number of carbonyl (C=O) groups is 2. The van der Waals surface area contributed by atoms with Crippen LogP contribution in [0, 0.1) is 6.92 Å². The molecule has 0 aliphatic carbocycles. The van der Waals surface area contributed by atoms with E-state index in [9.17, 15) is 9.59 Å². The number of aryl methyl sites for hydroxylation is 1. The van der Waals surface area contributed by atoms with Gasteiger partial charge in [-0.1, -0.05) is 17.7 Å². The maximum Gasteiger partial charge on any atom is 0.320 e. The molecule has 2 rings (SSSR count). The maximum atomic E-state index is 12.0. The van der Waals surface area contributed by atoms with Crippen molar-refractivity contribution in [3.8, 4) is 0 Å². The number of rotatable bonds is 4. The molecule has 0 unspecified atom stereocenters. The van der Waals surface area contributed by atoms with Crippen molar-refractivity contribution in [1.82, 2.24) is 4.90 Å². The summed E-state index contributed by atoms with van der Waals surface area (Å²) in [6.45, 7) is 2.60. The minimum absolute atomic E-state index is 0.0862. The summed E-state index contributed by atoms with van der Waals surface area (Å²) in [4.78, 5) is 24.8. The van der Waals surface area contributed by atoms with Crippen LogP contribution in [0.2, 0.25) is 5.02 Å². The summed E-state index contributed by atoms with van der Waals surface area (Å²) in [5.41, 5.74) is 1.58. The highest BCUT2D eigenvalue weighted by atomic mass is 35.5. The van der Waals surface area contributed by atoms with Crippen LogP contribution < -0.4 is 5.32 Å². The van der Waals surface area contributed by atoms with Gasteiger partial charge in [-0.15, -0.1) is 0 Å². The Balaban J connectivity index is 1.99. The first-order valence-electron chi connectivity index (χ1n) is 6.50. The molecule has 1 heterocycles. The van der Waals surface area contributed by atoms with Gasteiger partial charge in [-0.25, -0.2) is 0 Å². The van der Waals surface area contributed by atoms with Gasteiger partial charge in [0.05, 0.1) is 6.54 Å². The number of hydrogen-bond acceptors (Lipinski definition) is 3. The summed E-state index contributed by atoms with van der Waals surface area (Å²) < 4.78 is 0. The van der Waals surface area contributed by atoms with Crippen molar-refractivity contribution in [3.05, 3.63) is 28.8 Å². The summed E-state index contributed by atoms with van der Waals surface area (Å²) in [6, 6.07) is 4.72. The average Bonchev–Trinajstić information content (AvgIpc) is 2.82. The number of anilines is 1. The Morgan fingerprint density at radius 3 is 2.95 bits per heavy atom. The molecule has 0 bridgehead atoms. The fourth-order valence-electron chi connectivity index (χ4n) is 2.40. The third-order valence-electron chi connectivity index (χ3n) is 3.47. The Morgan fingerprint density at radius 1 is 1.50 bits per heavy atom. The zero-order chi connectivity index (χ0) is 14.7. The van der Waals surface area contributed by atoms with E-state index in [2.05, 4.69) is 5.32 Å². The zero-order valence-electron chi connectivity index (χ0n) is 11.2. The molecule has 1 aliphatic heterocycles. The largest absolute Gasteiger partial charge is 0.480 e. The number of benzene rings is 1. The standard InChI is InChI=1S/C14H17ClN2O3/c1-9-4-5-10(15)7-11(9)16-13(18)8-17-6-2-3-12(17)14(19)20/h4-5,7,12H,2-3,6,8H2,1H3,(H,16,18)(H,19,20)/t12-/m1/s1. The fraction of sp³-hybridized carbons (Fsp3) is 0.429. The molecule has 0 saturated carbocycles. The summed E-state index contributed by atoms with van der Waals surface area (Å²) >= 11 is 5.90. The van der Waals surface area contributed by atoms with E-state index in [4.69, 9.17) is 16.7 Å². The molecule has 1 fully saturated rings. The Labute approximate surface area is 122 Å². The van der Waals surface area contributed by atoms with E-state index < -0.39 is 12.0 Å². The number of nitrogens with zero attached hydrogens (tertiary/aromatic N) is 1. The molecule has 2 N–H and O–H groups in total. The predicted octanol–water partition coefficient (Wildman–Crippen LogP) is 2.14. The van der Waals surface area contributed by atoms with Crippen LogP contribution in [-0.2, 0) is 9.59 Å². The van der Waals surface area contributed by atoms with E-state index in [1.54, 1.807) is 17.0 Å². The molecule has 1 atom stereocenters. The number of nitrogens with one attached hydrogen (secondary N) is 1. The van der Waals surface area contributed by atoms with Crippen LogP contribution in [0.5, 0.6) is 0 Å². The fourth-order valence-corrected chi connectivity index (χ4v) is 2.57. The molecule has 1 aliphatic rings. The normalized spacial score (nSPS) is 19.0. The number of aliphatic carboxylic acids is 1. The van der Waals surface area contributed by atoms with Gasteiger partial charge in [0.15, 0.2) is 0 Å². The van der Waals surface area contributed by atoms with Crippen molar-refractivity contribution < 1.29 is 14.7 Å². The molecule has 1 aromatic carbocycles. The number of amides is 1. The van der Waals surface area contributed by atoms with Gasteiger partial charge in [-0.2, -0.15) is 0 Å². The molecular formula is C14H17ClN2O3. The zero-order valence-corrected chi connectivity index (χ0v) is 12.0. The van der Waals surface area contributed by atoms with Crippen LogP contribution in [-0.4, -0.2) is 41.0 Å². The van der Waals surface area contributed by atoms with Crippen molar-refractivity contribution in [1.29, 1.82) is 0 Å². The van der Waals surface area contributed by atoms with Crippen molar-refractivity contribution in [2.45, 2.75) is 25.8 Å². The molecule has 0 radical (unpaired) electrons. The third-order valence-corrected chi connectivity index (χ3v) is 3.70. The lowest BCUT2D eigenvalue weighted by atomic mass is 10.2. The van der Waals surface area contributed by atoms with Gasteiger partial charge in [-0.3, -0.25) is 14.5 Å². The molecule has 1 aromatic rings. The third kappa shape index (κ3) is 3.49. The molecular weight excluding hydrogens is 280 g/mol. The SMILES string of the molecule is Cc1ccc(Cl)cc1NC(=O)CN1CCC[C@@H]1C(=O)O. The quantitative estimate of drug-likeness (QED) is 0.893. The lowest BCUT2D eigenvalue weighted by Gasteiger charge is -2.20. The summed E-state index contributed by atoms with van der Waals surface area (Å²) in [6.07, 6.45) is 1.40. The highest BCUT2D eigenvalue weighted by Crippen LogP contribution is 2.21. The molecule has 5 nitrogen and oxygen atoms in total.